The zero-order valence-corrected chi connectivity index (χ0v) is 11.4. The molecular formula is C12H15N3O3S. The van der Waals surface area contributed by atoms with Gasteiger partial charge < -0.3 is 10.1 Å². The molecule has 0 bridgehead atoms. The summed E-state index contributed by atoms with van der Waals surface area (Å²) in [4.78, 5) is 0.107. The molecule has 1 aromatic rings. The third kappa shape index (κ3) is 2.71. The first kappa shape index (κ1) is 13.8. The maximum absolute atomic E-state index is 12.5. The fourth-order valence-electron chi connectivity index (χ4n) is 1.97. The van der Waals surface area contributed by atoms with E-state index < -0.39 is 10.0 Å². The molecule has 1 aliphatic heterocycles. The van der Waals surface area contributed by atoms with E-state index in [1.165, 1.54) is 29.6 Å². The van der Waals surface area contributed by atoms with Crippen molar-refractivity contribution in [3.63, 3.8) is 0 Å². The second-order valence-corrected chi connectivity index (χ2v) is 6.04. The SMILES string of the molecule is COc1cc(C#N)ccc1S(=O)(=O)N1CCNCC1. The van der Waals surface area contributed by atoms with Crippen LogP contribution in [0.2, 0.25) is 0 Å². The first-order chi connectivity index (χ1) is 9.09. The van der Waals surface area contributed by atoms with Crippen molar-refractivity contribution < 1.29 is 13.2 Å². The maximum atomic E-state index is 12.5. The lowest BCUT2D eigenvalue weighted by molar-refractivity contribution is 0.355. The van der Waals surface area contributed by atoms with Crippen molar-refractivity contribution in [1.29, 1.82) is 5.26 Å². The van der Waals surface area contributed by atoms with E-state index in [2.05, 4.69) is 5.32 Å². The van der Waals surface area contributed by atoms with Crippen LogP contribution in [-0.4, -0.2) is 46.0 Å². The minimum Gasteiger partial charge on any atom is -0.495 e. The van der Waals surface area contributed by atoms with Gasteiger partial charge in [-0.05, 0) is 18.2 Å². The Kier molecular flexibility index (Phi) is 4.04. The third-order valence-electron chi connectivity index (χ3n) is 2.99. The average molecular weight is 281 g/mol. The molecular weight excluding hydrogens is 266 g/mol. The fraction of sp³-hybridized carbons (Fsp3) is 0.417. The molecule has 1 N–H and O–H groups in total. The molecule has 0 unspecified atom stereocenters. The Morgan fingerprint density at radius 2 is 2.05 bits per heavy atom. The number of hydrogen-bond acceptors (Lipinski definition) is 5. The summed E-state index contributed by atoms with van der Waals surface area (Å²) in [5, 5.41) is 11.9. The van der Waals surface area contributed by atoms with Crippen LogP contribution in [0.4, 0.5) is 0 Å². The number of hydrogen-bond donors (Lipinski definition) is 1. The fourth-order valence-corrected chi connectivity index (χ4v) is 3.55. The van der Waals surface area contributed by atoms with Gasteiger partial charge in [0, 0.05) is 26.2 Å². The van der Waals surface area contributed by atoms with Gasteiger partial charge in [-0.1, -0.05) is 0 Å². The summed E-state index contributed by atoms with van der Waals surface area (Å²) in [6, 6.07) is 6.31. The van der Waals surface area contributed by atoms with Crippen molar-refractivity contribution in [2.24, 2.45) is 0 Å². The number of nitrogens with zero attached hydrogens (tertiary/aromatic N) is 2. The van der Waals surface area contributed by atoms with Crippen LogP contribution in [0, 0.1) is 11.3 Å². The molecule has 0 aliphatic carbocycles. The van der Waals surface area contributed by atoms with Gasteiger partial charge in [0.15, 0.2) is 0 Å². The van der Waals surface area contributed by atoms with Crippen molar-refractivity contribution in [2.75, 3.05) is 33.3 Å². The Hall–Kier alpha value is -1.62. The van der Waals surface area contributed by atoms with Crippen LogP contribution >= 0.6 is 0 Å². The van der Waals surface area contributed by atoms with Crippen LogP contribution in [0.3, 0.4) is 0 Å². The Morgan fingerprint density at radius 1 is 1.37 bits per heavy atom. The lowest BCUT2D eigenvalue weighted by atomic mass is 10.2. The third-order valence-corrected chi connectivity index (χ3v) is 4.92. The standard InChI is InChI=1S/C12H15N3O3S/c1-18-11-8-10(9-13)2-3-12(11)19(16,17)15-6-4-14-5-7-15/h2-3,8,14H,4-7H2,1H3. The van der Waals surface area contributed by atoms with Crippen LogP contribution < -0.4 is 10.1 Å². The summed E-state index contributed by atoms with van der Waals surface area (Å²) >= 11 is 0. The van der Waals surface area contributed by atoms with Crippen LogP contribution in [-0.2, 0) is 10.0 Å². The lowest BCUT2D eigenvalue weighted by Gasteiger charge is -2.27. The highest BCUT2D eigenvalue weighted by Gasteiger charge is 2.28. The number of rotatable bonds is 3. The number of sulfonamides is 1. The van der Waals surface area contributed by atoms with Crippen LogP contribution in [0.25, 0.3) is 0 Å². The molecule has 0 amide bonds. The molecule has 0 atom stereocenters. The van der Waals surface area contributed by atoms with Gasteiger partial charge in [0.05, 0.1) is 18.7 Å². The van der Waals surface area contributed by atoms with Crippen LogP contribution in [0.5, 0.6) is 5.75 Å². The predicted molar refractivity (Wildman–Crippen MR) is 69.3 cm³/mol. The minimum absolute atomic E-state index is 0.107. The Bertz CT molecular complexity index is 601. The van der Waals surface area contributed by atoms with E-state index in [1.807, 2.05) is 6.07 Å². The van der Waals surface area contributed by atoms with E-state index >= 15 is 0 Å². The zero-order chi connectivity index (χ0) is 13.9. The van der Waals surface area contributed by atoms with Gasteiger partial charge in [-0.15, -0.1) is 0 Å². The van der Waals surface area contributed by atoms with E-state index in [-0.39, 0.29) is 10.6 Å². The largest absolute Gasteiger partial charge is 0.495 e. The first-order valence-corrected chi connectivity index (χ1v) is 7.32. The highest BCUT2D eigenvalue weighted by atomic mass is 32.2. The molecule has 2 rings (SSSR count). The number of nitrogens with one attached hydrogen (secondary N) is 1. The molecule has 7 heteroatoms. The van der Waals surface area contributed by atoms with Gasteiger partial charge in [0.1, 0.15) is 10.6 Å². The molecule has 1 aliphatic rings. The van der Waals surface area contributed by atoms with Gasteiger partial charge in [0.2, 0.25) is 10.0 Å². The Labute approximate surface area is 112 Å². The summed E-state index contributed by atoms with van der Waals surface area (Å²) < 4.78 is 31.5. The topological polar surface area (TPSA) is 82.4 Å². The molecule has 0 saturated carbocycles. The molecule has 6 nitrogen and oxygen atoms in total. The van der Waals surface area contributed by atoms with Gasteiger partial charge in [-0.3, -0.25) is 0 Å². The summed E-state index contributed by atoms with van der Waals surface area (Å²) in [5.74, 6) is 0.206. The smallest absolute Gasteiger partial charge is 0.246 e. The normalized spacial score (nSPS) is 16.8. The van der Waals surface area contributed by atoms with Gasteiger partial charge in [-0.25, -0.2) is 8.42 Å². The van der Waals surface area contributed by atoms with E-state index in [1.54, 1.807) is 0 Å². The van der Waals surface area contributed by atoms with Crippen LogP contribution in [0.1, 0.15) is 5.56 Å². The molecule has 0 spiro atoms. The quantitative estimate of drug-likeness (QED) is 0.853. The second-order valence-electron chi connectivity index (χ2n) is 4.13. The van der Waals surface area contributed by atoms with Gasteiger partial charge in [0.25, 0.3) is 0 Å². The maximum Gasteiger partial charge on any atom is 0.246 e. The minimum atomic E-state index is -3.57. The first-order valence-electron chi connectivity index (χ1n) is 5.88. The second kappa shape index (κ2) is 5.57. The summed E-state index contributed by atoms with van der Waals surface area (Å²) in [6.07, 6.45) is 0. The monoisotopic (exact) mass is 281 g/mol. The van der Waals surface area contributed by atoms with E-state index in [0.29, 0.717) is 31.7 Å². The number of nitriles is 1. The number of ether oxygens (including phenoxy) is 1. The molecule has 0 aromatic heterocycles. The Balaban J connectivity index is 2.42. The highest BCUT2D eigenvalue weighted by molar-refractivity contribution is 7.89. The van der Waals surface area contributed by atoms with Crippen molar-refractivity contribution in [3.05, 3.63) is 23.8 Å². The van der Waals surface area contributed by atoms with Crippen molar-refractivity contribution in [1.82, 2.24) is 9.62 Å². The molecule has 102 valence electrons. The van der Waals surface area contributed by atoms with Crippen molar-refractivity contribution >= 4 is 10.0 Å². The molecule has 0 radical (unpaired) electrons. The van der Waals surface area contributed by atoms with Crippen LogP contribution in [0.15, 0.2) is 23.1 Å². The zero-order valence-electron chi connectivity index (χ0n) is 10.6. The molecule has 19 heavy (non-hydrogen) atoms. The number of benzene rings is 1. The molecule has 1 aromatic carbocycles. The van der Waals surface area contributed by atoms with E-state index in [4.69, 9.17) is 10.00 Å². The van der Waals surface area contributed by atoms with Gasteiger partial charge in [-0.2, -0.15) is 9.57 Å². The molecule has 1 fully saturated rings. The van der Waals surface area contributed by atoms with Crippen molar-refractivity contribution in [2.45, 2.75) is 4.90 Å². The van der Waals surface area contributed by atoms with E-state index in [9.17, 15) is 8.42 Å². The highest BCUT2D eigenvalue weighted by Crippen LogP contribution is 2.27. The number of piperazine rings is 1. The average Bonchev–Trinajstić information content (AvgIpc) is 2.47. The lowest BCUT2D eigenvalue weighted by Crippen LogP contribution is -2.46. The molecule has 1 saturated heterocycles. The van der Waals surface area contributed by atoms with E-state index in [0.717, 1.165) is 0 Å². The predicted octanol–water partition coefficient (Wildman–Crippen LogP) is 0.161. The summed E-state index contributed by atoms with van der Waals surface area (Å²) in [7, 11) is -2.17. The summed E-state index contributed by atoms with van der Waals surface area (Å²) in [6.45, 7) is 2.15. The van der Waals surface area contributed by atoms with Crippen molar-refractivity contribution in [3.8, 4) is 11.8 Å². The van der Waals surface area contributed by atoms with Gasteiger partial charge >= 0.3 is 0 Å². The molecule has 1 heterocycles. The Morgan fingerprint density at radius 3 is 2.63 bits per heavy atom. The summed E-state index contributed by atoms with van der Waals surface area (Å²) in [5.41, 5.74) is 0.371. The number of methoxy groups -OCH3 is 1.